The van der Waals surface area contributed by atoms with Crippen molar-refractivity contribution in [1.82, 2.24) is 14.5 Å². The molecule has 4 aromatic rings. The Bertz CT molecular complexity index is 1070. The van der Waals surface area contributed by atoms with Crippen LogP contribution >= 0.6 is 11.3 Å². The maximum absolute atomic E-state index is 13.5. The lowest BCUT2D eigenvalue weighted by Gasteiger charge is -2.05. The second kappa shape index (κ2) is 5.98. The predicted octanol–water partition coefficient (Wildman–Crippen LogP) is 3.71. The first kappa shape index (κ1) is 14.7. The lowest BCUT2D eigenvalue weighted by Crippen LogP contribution is -2.20. The molecule has 3 heterocycles. The van der Waals surface area contributed by atoms with Crippen molar-refractivity contribution in [3.05, 3.63) is 82.2 Å². The fraction of sp³-hybridized carbons (Fsp3) is 0.0556. The van der Waals surface area contributed by atoms with Gasteiger partial charge < -0.3 is 0 Å². The zero-order chi connectivity index (χ0) is 16.5. The normalized spacial score (nSPS) is 11.0. The number of halogens is 1. The average Bonchev–Trinajstić information content (AvgIpc) is 3.03. The molecular weight excluding hydrogens is 325 g/mol. The van der Waals surface area contributed by atoms with Crippen molar-refractivity contribution in [1.29, 1.82) is 0 Å². The van der Waals surface area contributed by atoms with Crippen molar-refractivity contribution in [2.75, 3.05) is 0 Å². The molecule has 0 aliphatic rings. The summed E-state index contributed by atoms with van der Waals surface area (Å²) in [5.41, 5.74) is 3.00. The molecule has 0 aliphatic carbocycles. The number of hydrogen-bond donors (Lipinski definition) is 0. The molecule has 0 N–H and O–H groups in total. The van der Waals surface area contributed by atoms with Gasteiger partial charge in [0, 0.05) is 23.3 Å². The molecule has 0 radical (unpaired) electrons. The fourth-order valence-corrected chi connectivity index (χ4v) is 3.58. The lowest BCUT2D eigenvalue weighted by atomic mass is 10.1. The molecule has 0 atom stereocenters. The number of thiophene rings is 1. The van der Waals surface area contributed by atoms with Gasteiger partial charge in [-0.3, -0.25) is 14.3 Å². The molecule has 6 heteroatoms. The van der Waals surface area contributed by atoms with Crippen LogP contribution in [-0.2, 0) is 6.54 Å². The highest BCUT2D eigenvalue weighted by Gasteiger charge is 2.13. The SMILES string of the molecule is O=c1c2scc(-c3cccc(F)c3)c2ncn1Cc1ccncc1. The molecule has 0 saturated carbocycles. The fourth-order valence-electron chi connectivity index (χ4n) is 2.60. The van der Waals surface area contributed by atoms with Crippen LogP contribution in [0.3, 0.4) is 0 Å². The molecule has 0 fully saturated rings. The number of benzene rings is 1. The van der Waals surface area contributed by atoms with Crippen LogP contribution in [0.25, 0.3) is 21.3 Å². The van der Waals surface area contributed by atoms with Gasteiger partial charge in [0.1, 0.15) is 10.5 Å². The van der Waals surface area contributed by atoms with Crippen LogP contribution < -0.4 is 5.56 Å². The van der Waals surface area contributed by atoms with E-state index in [0.717, 1.165) is 16.7 Å². The number of rotatable bonds is 3. The molecule has 0 saturated heterocycles. The molecule has 0 bridgehead atoms. The third-order valence-electron chi connectivity index (χ3n) is 3.78. The second-order valence-electron chi connectivity index (χ2n) is 5.37. The summed E-state index contributed by atoms with van der Waals surface area (Å²) in [6.07, 6.45) is 4.93. The van der Waals surface area contributed by atoms with E-state index < -0.39 is 0 Å². The minimum absolute atomic E-state index is 0.0931. The van der Waals surface area contributed by atoms with Crippen molar-refractivity contribution in [3.8, 4) is 11.1 Å². The van der Waals surface area contributed by atoms with E-state index in [-0.39, 0.29) is 11.4 Å². The quantitative estimate of drug-likeness (QED) is 0.573. The van der Waals surface area contributed by atoms with Crippen LogP contribution in [0.1, 0.15) is 5.56 Å². The molecule has 3 aromatic heterocycles. The van der Waals surface area contributed by atoms with Crippen molar-refractivity contribution >= 4 is 21.6 Å². The van der Waals surface area contributed by atoms with Gasteiger partial charge in [0.15, 0.2) is 0 Å². The van der Waals surface area contributed by atoms with E-state index in [1.165, 1.54) is 23.5 Å². The van der Waals surface area contributed by atoms with Crippen molar-refractivity contribution < 1.29 is 4.39 Å². The topological polar surface area (TPSA) is 47.8 Å². The Hall–Kier alpha value is -2.86. The van der Waals surface area contributed by atoms with E-state index in [9.17, 15) is 9.18 Å². The van der Waals surface area contributed by atoms with Gasteiger partial charge in [0.2, 0.25) is 0 Å². The van der Waals surface area contributed by atoms with Gasteiger partial charge in [-0.05, 0) is 35.4 Å². The van der Waals surface area contributed by atoms with Crippen LogP contribution in [0.4, 0.5) is 4.39 Å². The highest BCUT2D eigenvalue weighted by atomic mass is 32.1. The molecule has 0 spiro atoms. The van der Waals surface area contributed by atoms with Gasteiger partial charge in [-0.2, -0.15) is 0 Å². The number of fused-ring (bicyclic) bond motifs is 1. The summed E-state index contributed by atoms with van der Waals surface area (Å²) in [6.45, 7) is 0.442. The van der Waals surface area contributed by atoms with Crippen LogP contribution in [0.2, 0.25) is 0 Å². The molecule has 4 nitrogen and oxygen atoms in total. The van der Waals surface area contributed by atoms with Crippen LogP contribution in [0.5, 0.6) is 0 Å². The van der Waals surface area contributed by atoms with E-state index in [1.807, 2.05) is 23.6 Å². The Labute approximate surface area is 140 Å². The summed E-state index contributed by atoms with van der Waals surface area (Å²) in [7, 11) is 0. The van der Waals surface area contributed by atoms with E-state index in [4.69, 9.17) is 0 Å². The van der Waals surface area contributed by atoms with Gasteiger partial charge in [-0.1, -0.05) is 12.1 Å². The number of aromatic nitrogens is 3. The van der Waals surface area contributed by atoms with Gasteiger partial charge in [-0.15, -0.1) is 11.3 Å². The first-order valence-corrected chi connectivity index (χ1v) is 8.22. The van der Waals surface area contributed by atoms with Gasteiger partial charge >= 0.3 is 0 Å². The Morgan fingerprint density at radius 2 is 2.00 bits per heavy atom. The van der Waals surface area contributed by atoms with E-state index in [1.54, 1.807) is 29.4 Å². The summed E-state index contributed by atoms with van der Waals surface area (Å²) < 4.78 is 15.6. The predicted molar refractivity (Wildman–Crippen MR) is 92.6 cm³/mol. The average molecular weight is 337 g/mol. The minimum atomic E-state index is -0.308. The van der Waals surface area contributed by atoms with Crippen molar-refractivity contribution in [2.24, 2.45) is 0 Å². The van der Waals surface area contributed by atoms with E-state index in [2.05, 4.69) is 9.97 Å². The van der Waals surface area contributed by atoms with E-state index >= 15 is 0 Å². The standard InChI is InChI=1S/C18H12FN3OS/c19-14-3-1-2-13(8-14)15-10-24-17-16(15)21-11-22(18(17)23)9-12-4-6-20-7-5-12/h1-8,10-11H,9H2. The molecule has 0 unspecified atom stereocenters. The summed E-state index contributed by atoms with van der Waals surface area (Å²) in [6, 6.07) is 10.0. The summed E-state index contributed by atoms with van der Waals surface area (Å²) in [4.78, 5) is 21.1. The van der Waals surface area contributed by atoms with Gasteiger partial charge in [0.05, 0.1) is 18.4 Å². The smallest absolute Gasteiger partial charge is 0.271 e. The summed E-state index contributed by atoms with van der Waals surface area (Å²) in [5.74, 6) is -0.308. The highest BCUT2D eigenvalue weighted by Crippen LogP contribution is 2.30. The summed E-state index contributed by atoms with van der Waals surface area (Å²) in [5, 5.41) is 1.85. The maximum atomic E-state index is 13.5. The molecular formula is C18H12FN3OS. The lowest BCUT2D eigenvalue weighted by molar-refractivity contribution is 0.628. The minimum Gasteiger partial charge on any atom is -0.294 e. The Morgan fingerprint density at radius 1 is 1.17 bits per heavy atom. The molecule has 0 aliphatic heterocycles. The zero-order valence-corrected chi connectivity index (χ0v) is 13.3. The maximum Gasteiger partial charge on any atom is 0.271 e. The number of nitrogens with zero attached hydrogens (tertiary/aromatic N) is 3. The Balaban J connectivity index is 1.80. The number of hydrogen-bond acceptors (Lipinski definition) is 4. The first-order valence-electron chi connectivity index (χ1n) is 7.34. The third kappa shape index (κ3) is 2.61. The molecule has 1 aromatic carbocycles. The second-order valence-corrected chi connectivity index (χ2v) is 6.25. The third-order valence-corrected chi connectivity index (χ3v) is 4.74. The van der Waals surface area contributed by atoms with Crippen LogP contribution in [0, 0.1) is 5.82 Å². The van der Waals surface area contributed by atoms with Crippen LogP contribution in [0.15, 0.2) is 65.3 Å². The Morgan fingerprint density at radius 3 is 2.79 bits per heavy atom. The van der Waals surface area contributed by atoms with E-state index in [0.29, 0.717) is 16.8 Å². The molecule has 24 heavy (non-hydrogen) atoms. The zero-order valence-electron chi connectivity index (χ0n) is 12.5. The highest BCUT2D eigenvalue weighted by molar-refractivity contribution is 7.17. The molecule has 0 amide bonds. The largest absolute Gasteiger partial charge is 0.294 e. The number of pyridine rings is 1. The van der Waals surface area contributed by atoms with Gasteiger partial charge in [-0.25, -0.2) is 9.37 Å². The summed E-state index contributed by atoms with van der Waals surface area (Å²) >= 11 is 1.34. The Kier molecular flexibility index (Phi) is 3.66. The van der Waals surface area contributed by atoms with Crippen LogP contribution in [-0.4, -0.2) is 14.5 Å². The molecule has 4 rings (SSSR count). The van der Waals surface area contributed by atoms with Crippen molar-refractivity contribution in [2.45, 2.75) is 6.54 Å². The van der Waals surface area contributed by atoms with Gasteiger partial charge in [0.25, 0.3) is 5.56 Å². The molecule has 118 valence electrons. The monoisotopic (exact) mass is 337 g/mol. The first-order chi connectivity index (χ1) is 11.7. The van der Waals surface area contributed by atoms with Crippen molar-refractivity contribution in [3.63, 3.8) is 0 Å².